The highest BCUT2D eigenvalue weighted by Crippen LogP contribution is 2.35. The molecule has 1 atom stereocenters. The number of ether oxygens (including phenoxy) is 1. The van der Waals surface area contributed by atoms with Gasteiger partial charge in [0.1, 0.15) is 5.75 Å². The van der Waals surface area contributed by atoms with Crippen LogP contribution in [0.3, 0.4) is 0 Å². The second kappa shape index (κ2) is 4.96. The van der Waals surface area contributed by atoms with E-state index in [1.807, 2.05) is 12.1 Å². The van der Waals surface area contributed by atoms with Gasteiger partial charge in [-0.15, -0.1) is 0 Å². The van der Waals surface area contributed by atoms with Crippen LogP contribution in [0.1, 0.15) is 25.3 Å². The number of methoxy groups -OCH3 is 1. The summed E-state index contributed by atoms with van der Waals surface area (Å²) in [5.41, 5.74) is 8.03. The third-order valence-corrected chi connectivity index (χ3v) is 3.77. The van der Waals surface area contributed by atoms with Gasteiger partial charge in [0.25, 0.3) is 0 Å². The molecule has 0 aliphatic heterocycles. The zero-order valence-corrected chi connectivity index (χ0v) is 10.9. The molecule has 0 aromatic heterocycles. The molecular weight excluding hydrogens is 212 g/mol. The Morgan fingerprint density at radius 3 is 2.71 bits per heavy atom. The van der Waals surface area contributed by atoms with Crippen LogP contribution in [0.5, 0.6) is 5.75 Å². The normalized spacial score (nSPS) is 17.2. The van der Waals surface area contributed by atoms with E-state index in [1.165, 1.54) is 18.4 Å². The van der Waals surface area contributed by atoms with Gasteiger partial charge in [-0.25, -0.2) is 0 Å². The molecule has 94 valence electrons. The smallest absolute Gasteiger partial charge is 0.120 e. The average Bonchev–Trinajstić information content (AvgIpc) is 3.14. The average molecular weight is 234 g/mol. The molecule has 1 aliphatic rings. The van der Waals surface area contributed by atoms with Crippen molar-refractivity contribution in [3.8, 4) is 5.75 Å². The Kier molecular flexibility index (Phi) is 3.57. The highest BCUT2D eigenvalue weighted by Gasteiger charge is 2.30. The minimum absolute atomic E-state index is 0.650. The lowest BCUT2D eigenvalue weighted by Gasteiger charge is -2.25. The van der Waals surface area contributed by atoms with Crippen LogP contribution in [0, 0.1) is 5.92 Å². The van der Waals surface area contributed by atoms with Gasteiger partial charge >= 0.3 is 0 Å². The summed E-state index contributed by atoms with van der Waals surface area (Å²) in [6, 6.07) is 6.58. The summed E-state index contributed by atoms with van der Waals surface area (Å²) in [6.45, 7) is 3.21. The molecule has 1 aliphatic carbocycles. The van der Waals surface area contributed by atoms with E-state index in [2.05, 4.69) is 24.9 Å². The van der Waals surface area contributed by atoms with Crippen molar-refractivity contribution in [2.45, 2.75) is 32.4 Å². The Morgan fingerprint density at radius 1 is 1.47 bits per heavy atom. The van der Waals surface area contributed by atoms with Crippen LogP contribution in [0.4, 0.5) is 5.69 Å². The number of hydrogen-bond donors (Lipinski definition) is 1. The van der Waals surface area contributed by atoms with Gasteiger partial charge in [-0.1, -0.05) is 6.07 Å². The molecule has 1 unspecified atom stereocenters. The summed E-state index contributed by atoms with van der Waals surface area (Å²) in [5, 5.41) is 0. The van der Waals surface area contributed by atoms with Crippen molar-refractivity contribution in [2.75, 3.05) is 19.9 Å². The van der Waals surface area contributed by atoms with Crippen molar-refractivity contribution in [1.29, 1.82) is 0 Å². The minimum atomic E-state index is 0.650. The lowest BCUT2D eigenvalue weighted by Crippen LogP contribution is -2.30. The van der Waals surface area contributed by atoms with Crippen LogP contribution in [0.25, 0.3) is 0 Å². The van der Waals surface area contributed by atoms with Crippen molar-refractivity contribution in [3.63, 3.8) is 0 Å². The van der Waals surface area contributed by atoms with E-state index in [0.29, 0.717) is 6.04 Å². The standard InChI is InChI=1S/C14H22N2O/c1-10(11-4-5-11)16(2)9-12-6-7-13(17-3)8-14(12)15/h6-8,10-11H,4-5,9,15H2,1-3H3. The summed E-state index contributed by atoms with van der Waals surface area (Å²) in [6.07, 6.45) is 2.76. The minimum Gasteiger partial charge on any atom is -0.497 e. The highest BCUT2D eigenvalue weighted by molar-refractivity contribution is 5.51. The second-order valence-corrected chi connectivity index (χ2v) is 5.06. The largest absolute Gasteiger partial charge is 0.497 e. The lowest BCUT2D eigenvalue weighted by molar-refractivity contribution is 0.227. The molecular formula is C14H22N2O. The summed E-state index contributed by atoms with van der Waals surface area (Å²) in [4.78, 5) is 2.38. The molecule has 1 aromatic rings. The molecule has 1 fully saturated rings. The van der Waals surface area contributed by atoms with E-state index >= 15 is 0 Å². The molecule has 17 heavy (non-hydrogen) atoms. The van der Waals surface area contributed by atoms with Gasteiger partial charge in [0.2, 0.25) is 0 Å². The SMILES string of the molecule is COc1ccc(CN(C)C(C)C2CC2)c(N)c1. The number of rotatable bonds is 5. The molecule has 0 heterocycles. The first-order chi connectivity index (χ1) is 8.11. The number of nitrogens with zero attached hydrogens (tertiary/aromatic N) is 1. The van der Waals surface area contributed by atoms with Crippen molar-refractivity contribution < 1.29 is 4.74 Å². The first kappa shape index (κ1) is 12.2. The van der Waals surface area contributed by atoms with Gasteiger partial charge in [0.15, 0.2) is 0 Å². The van der Waals surface area contributed by atoms with Crippen LogP contribution < -0.4 is 10.5 Å². The maximum absolute atomic E-state index is 6.03. The van der Waals surface area contributed by atoms with Gasteiger partial charge < -0.3 is 10.5 Å². The van der Waals surface area contributed by atoms with Crippen molar-refractivity contribution in [3.05, 3.63) is 23.8 Å². The fraction of sp³-hybridized carbons (Fsp3) is 0.571. The molecule has 0 bridgehead atoms. The van der Waals surface area contributed by atoms with Crippen LogP contribution in [-0.4, -0.2) is 25.1 Å². The predicted octanol–water partition coefficient (Wildman–Crippen LogP) is 2.51. The zero-order valence-electron chi connectivity index (χ0n) is 10.9. The number of hydrogen-bond acceptors (Lipinski definition) is 3. The summed E-state index contributed by atoms with van der Waals surface area (Å²) >= 11 is 0. The number of benzene rings is 1. The molecule has 3 heteroatoms. The van der Waals surface area contributed by atoms with E-state index in [-0.39, 0.29) is 0 Å². The van der Waals surface area contributed by atoms with Gasteiger partial charge in [0, 0.05) is 24.3 Å². The second-order valence-electron chi connectivity index (χ2n) is 5.06. The van der Waals surface area contributed by atoms with Crippen LogP contribution in [-0.2, 0) is 6.54 Å². The van der Waals surface area contributed by atoms with Crippen molar-refractivity contribution >= 4 is 5.69 Å². The molecule has 2 rings (SSSR count). The fourth-order valence-electron chi connectivity index (χ4n) is 2.20. The Balaban J connectivity index is 2.02. The zero-order chi connectivity index (χ0) is 12.4. The molecule has 0 amide bonds. The molecule has 0 saturated heterocycles. The third-order valence-electron chi connectivity index (χ3n) is 3.77. The van der Waals surface area contributed by atoms with Crippen LogP contribution in [0.15, 0.2) is 18.2 Å². The first-order valence-electron chi connectivity index (χ1n) is 6.24. The Morgan fingerprint density at radius 2 is 2.18 bits per heavy atom. The summed E-state index contributed by atoms with van der Waals surface area (Å²) < 4.78 is 5.16. The van der Waals surface area contributed by atoms with Gasteiger partial charge in [0.05, 0.1) is 7.11 Å². The fourth-order valence-corrected chi connectivity index (χ4v) is 2.20. The van der Waals surface area contributed by atoms with Crippen molar-refractivity contribution in [2.24, 2.45) is 5.92 Å². The first-order valence-corrected chi connectivity index (χ1v) is 6.24. The Labute approximate surface area is 104 Å². The van der Waals surface area contributed by atoms with Gasteiger partial charge in [-0.2, -0.15) is 0 Å². The van der Waals surface area contributed by atoms with E-state index < -0.39 is 0 Å². The molecule has 0 spiro atoms. The summed E-state index contributed by atoms with van der Waals surface area (Å²) in [7, 11) is 3.84. The molecule has 1 aromatic carbocycles. The van der Waals surface area contributed by atoms with Crippen molar-refractivity contribution in [1.82, 2.24) is 4.90 Å². The summed E-state index contributed by atoms with van der Waals surface area (Å²) in [5.74, 6) is 1.71. The quantitative estimate of drug-likeness (QED) is 0.796. The molecule has 3 nitrogen and oxygen atoms in total. The Bertz CT molecular complexity index is 388. The van der Waals surface area contributed by atoms with E-state index in [0.717, 1.165) is 23.9 Å². The van der Waals surface area contributed by atoms with E-state index in [1.54, 1.807) is 7.11 Å². The number of anilines is 1. The maximum Gasteiger partial charge on any atom is 0.120 e. The number of nitrogens with two attached hydrogens (primary N) is 1. The molecule has 1 saturated carbocycles. The van der Waals surface area contributed by atoms with Gasteiger partial charge in [-0.05, 0) is 44.4 Å². The molecule has 0 radical (unpaired) electrons. The number of nitrogen functional groups attached to an aromatic ring is 1. The van der Waals surface area contributed by atoms with E-state index in [9.17, 15) is 0 Å². The van der Waals surface area contributed by atoms with E-state index in [4.69, 9.17) is 10.5 Å². The molecule has 2 N–H and O–H groups in total. The van der Waals surface area contributed by atoms with Gasteiger partial charge in [-0.3, -0.25) is 4.90 Å². The lowest BCUT2D eigenvalue weighted by atomic mass is 10.1. The topological polar surface area (TPSA) is 38.5 Å². The highest BCUT2D eigenvalue weighted by atomic mass is 16.5. The predicted molar refractivity (Wildman–Crippen MR) is 71.1 cm³/mol. The van der Waals surface area contributed by atoms with Crippen LogP contribution in [0.2, 0.25) is 0 Å². The van der Waals surface area contributed by atoms with Crippen LogP contribution >= 0.6 is 0 Å². The monoisotopic (exact) mass is 234 g/mol. The maximum atomic E-state index is 6.03. The third kappa shape index (κ3) is 2.91. The Hall–Kier alpha value is -1.22.